The van der Waals surface area contributed by atoms with Crippen molar-refractivity contribution in [1.29, 1.82) is 0 Å². The topological polar surface area (TPSA) is 46.9 Å². The molecule has 2 aromatic heterocycles. The molecule has 25 heavy (non-hydrogen) atoms. The van der Waals surface area contributed by atoms with Gasteiger partial charge in [0.25, 0.3) is 5.91 Å². The number of aryl methyl sites for hydroxylation is 1. The van der Waals surface area contributed by atoms with E-state index in [0.29, 0.717) is 16.4 Å². The molecule has 0 atom stereocenters. The van der Waals surface area contributed by atoms with Gasteiger partial charge in [0.05, 0.1) is 0 Å². The molecule has 0 saturated heterocycles. The van der Waals surface area contributed by atoms with Gasteiger partial charge in [-0.3, -0.25) is 10.1 Å². The fourth-order valence-corrected chi connectivity index (χ4v) is 3.12. The zero-order valence-corrected chi connectivity index (χ0v) is 14.4. The summed E-state index contributed by atoms with van der Waals surface area (Å²) in [7, 11) is 0. The van der Waals surface area contributed by atoms with E-state index < -0.39 is 11.6 Å². The normalized spacial score (nSPS) is 10.8. The minimum absolute atomic E-state index is 0.278. The molecule has 1 N–H and O–H groups in total. The number of nitrogens with zero attached hydrogens (tertiary/aromatic N) is 2. The summed E-state index contributed by atoms with van der Waals surface area (Å²) in [4.78, 5) is 16.6. The van der Waals surface area contributed by atoms with E-state index >= 15 is 0 Å². The molecule has 130 valence electrons. The molecule has 0 spiro atoms. The number of hydrogen-bond donors (Lipinski definition) is 1. The van der Waals surface area contributed by atoms with Gasteiger partial charge in [-0.15, -0.1) is 11.3 Å². The molecular formula is C18H17F2N3OS. The molecule has 7 heteroatoms. The molecule has 0 aliphatic heterocycles. The van der Waals surface area contributed by atoms with Gasteiger partial charge >= 0.3 is 0 Å². The summed E-state index contributed by atoms with van der Waals surface area (Å²) >= 11 is 1.33. The van der Waals surface area contributed by atoms with E-state index in [2.05, 4.69) is 17.2 Å². The van der Waals surface area contributed by atoms with Crippen molar-refractivity contribution in [1.82, 2.24) is 9.55 Å². The third-order valence-electron chi connectivity index (χ3n) is 3.71. The van der Waals surface area contributed by atoms with Crippen molar-refractivity contribution in [2.75, 3.05) is 5.32 Å². The van der Waals surface area contributed by atoms with Gasteiger partial charge in [-0.2, -0.15) is 0 Å². The molecule has 0 bridgehead atoms. The van der Waals surface area contributed by atoms with Crippen LogP contribution in [0.1, 0.15) is 35.0 Å². The zero-order valence-electron chi connectivity index (χ0n) is 13.6. The molecule has 2 heterocycles. The van der Waals surface area contributed by atoms with Gasteiger partial charge in [0.15, 0.2) is 16.8 Å². The number of nitrogens with one attached hydrogen (secondary N) is 1. The van der Waals surface area contributed by atoms with Gasteiger partial charge in [0.1, 0.15) is 5.69 Å². The van der Waals surface area contributed by atoms with Crippen molar-refractivity contribution in [3.05, 3.63) is 70.5 Å². The Hall–Kier alpha value is -2.54. The average molecular weight is 361 g/mol. The first-order valence-corrected chi connectivity index (χ1v) is 8.78. The number of benzene rings is 1. The van der Waals surface area contributed by atoms with E-state index in [1.807, 2.05) is 12.3 Å². The Morgan fingerprint density at radius 2 is 2.08 bits per heavy atom. The second-order valence-electron chi connectivity index (χ2n) is 5.65. The van der Waals surface area contributed by atoms with Crippen LogP contribution in [-0.4, -0.2) is 15.5 Å². The van der Waals surface area contributed by atoms with Gasteiger partial charge in [-0.25, -0.2) is 13.8 Å². The Morgan fingerprint density at radius 3 is 2.76 bits per heavy atom. The fraction of sp³-hybridized carbons (Fsp3) is 0.222. The van der Waals surface area contributed by atoms with Crippen LogP contribution in [0.25, 0.3) is 0 Å². The lowest BCUT2D eigenvalue weighted by atomic mass is 10.2. The Kier molecular flexibility index (Phi) is 5.23. The van der Waals surface area contributed by atoms with Crippen LogP contribution in [0.5, 0.6) is 0 Å². The van der Waals surface area contributed by atoms with Crippen LogP contribution in [0.3, 0.4) is 0 Å². The number of carbonyl (C=O) groups is 1. The number of anilines is 1. The van der Waals surface area contributed by atoms with Crippen LogP contribution in [0.4, 0.5) is 13.9 Å². The molecular weight excluding hydrogens is 344 g/mol. The molecule has 0 saturated carbocycles. The fourth-order valence-electron chi connectivity index (χ4n) is 2.60. The lowest BCUT2D eigenvalue weighted by Crippen LogP contribution is -2.17. The quantitative estimate of drug-likeness (QED) is 0.704. The number of rotatable bonds is 6. The minimum atomic E-state index is -0.896. The zero-order chi connectivity index (χ0) is 17.8. The largest absolute Gasteiger partial charge is 0.339 e. The summed E-state index contributed by atoms with van der Waals surface area (Å²) in [5, 5.41) is 5.05. The molecule has 0 fully saturated rings. The van der Waals surface area contributed by atoms with E-state index in [-0.39, 0.29) is 12.5 Å². The number of aromatic nitrogens is 2. The Labute approximate surface area is 148 Å². The van der Waals surface area contributed by atoms with Crippen molar-refractivity contribution in [3.63, 3.8) is 0 Å². The smallest absolute Gasteiger partial charge is 0.274 e. The van der Waals surface area contributed by atoms with Crippen LogP contribution >= 0.6 is 11.3 Å². The third-order valence-corrected chi connectivity index (χ3v) is 4.40. The Bertz CT molecular complexity index is 875. The van der Waals surface area contributed by atoms with Gasteiger partial charge < -0.3 is 4.57 Å². The molecule has 0 aliphatic carbocycles. The number of hydrogen-bond acceptors (Lipinski definition) is 3. The first-order valence-electron chi connectivity index (χ1n) is 7.90. The highest BCUT2D eigenvalue weighted by atomic mass is 32.1. The molecule has 0 radical (unpaired) electrons. The van der Waals surface area contributed by atoms with Gasteiger partial charge in [0.2, 0.25) is 0 Å². The molecule has 3 rings (SSSR count). The van der Waals surface area contributed by atoms with Crippen LogP contribution in [0.15, 0.2) is 42.0 Å². The second-order valence-corrected chi connectivity index (χ2v) is 6.55. The monoisotopic (exact) mass is 361 g/mol. The highest BCUT2D eigenvalue weighted by Crippen LogP contribution is 2.18. The highest BCUT2D eigenvalue weighted by molar-refractivity contribution is 7.13. The van der Waals surface area contributed by atoms with E-state index in [0.717, 1.165) is 30.5 Å². The molecule has 3 aromatic rings. The van der Waals surface area contributed by atoms with Crippen molar-refractivity contribution in [2.45, 2.75) is 26.3 Å². The van der Waals surface area contributed by atoms with Crippen molar-refractivity contribution in [2.24, 2.45) is 0 Å². The predicted octanol–water partition coefficient (Wildman–Crippen LogP) is 4.48. The lowest BCUT2D eigenvalue weighted by Gasteiger charge is -2.09. The van der Waals surface area contributed by atoms with Gasteiger partial charge in [-0.1, -0.05) is 19.4 Å². The van der Waals surface area contributed by atoms with E-state index in [1.165, 1.54) is 17.4 Å². The summed E-state index contributed by atoms with van der Waals surface area (Å²) in [6.45, 7) is 2.34. The highest BCUT2D eigenvalue weighted by Gasteiger charge is 2.15. The number of halogens is 2. The maximum Gasteiger partial charge on any atom is 0.274 e. The summed E-state index contributed by atoms with van der Waals surface area (Å²) in [6.07, 6.45) is 5.27. The Morgan fingerprint density at radius 1 is 1.24 bits per heavy atom. The van der Waals surface area contributed by atoms with E-state index in [9.17, 15) is 13.6 Å². The maximum absolute atomic E-state index is 13.4. The van der Waals surface area contributed by atoms with E-state index in [4.69, 9.17) is 0 Å². The minimum Gasteiger partial charge on any atom is -0.339 e. The van der Waals surface area contributed by atoms with Crippen molar-refractivity contribution < 1.29 is 13.6 Å². The molecule has 0 unspecified atom stereocenters. The Balaban J connectivity index is 1.88. The molecule has 4 nitrogen and oxygen atoms in total. The number of thiazole rings is 1. The summed E-state index contributed by atoms with van der Waals surface area (Å²) < 4.78 is 28.3. The van der Waals surface area contributed by atoms with Crippen molar-refractivity contribution >= 4 is 22.4 Å². The van der Waals surface area contributed by atoms with Crippen LogP contribution in [-0.2, 0) is 13.0 Å². The van der Waals surface area contributed by atoms with Crippen LogP contribution in [0, 0.1) is 11.6 Å². The van der Waals surface area contributed by atoms with Gasteiger partial charge in [0, 0.05) is 24.3 Å². The lowest BCUT2D eigenvalue weighted by molar-refractivity contribution is 0.101. The second kappa shape index (κ2) is 7.57. The predicted molar refractivity (Wildman–Crippen MR) is 94.0 cm³/mol. The third kappa shape index (κ3) is 4.11. The van der Waals surface area contributed by atoms with Gasteiger partial charge in [-0.05, 0) is 35.7 Å². The maximum atomic E-state index is 13.4. The van der Waals surface area contributed by atoms with Crippen molar-refractivity contribution in [3.8, 4) is 0 Å². The molecule has 0 aliphatic rings. The standard InChI is InChI=1S/C18H17F2N3OS/c1-2-3-12-9-16(17(24)22-18-21-6-7-25-18)23(10-12)11-13-4-5-14(19)15(20)8-13/h4-10H,2-3,11H2,1H3,(H,21,22,24). The summed E-state index contributed by atoms with van der Waals surface area (Å²) in [6, 6.07) is 5.58. The number of carbonyl (C=O) groups excluding carboxylic acids is 1. The van der Waals surface area contributed by atoms with E-state index in [1.54, 1.807) is 16.1 Å². The first kappa shape index (κ1) is 17.3. The van der Waals surface area contributed by atoms with Crippen LogP contribution in [0.2, 0.25) is 0 Å². The average Bonchev–Trinajstić information content (AvgIpc) is 3.21. The number of amides is 1. The summed E-state index contributed by atoms with van der Waals surface area (Å²) in [5.74, 6) is -2.06. The first-order chi connectivity index (χ1) is 12.1. The summed E-state index contributed by atoms with van der Waals surface area (Å²) in [5.41, 5.74) is 2.07. The SMILES string of the molecule is CCCc1cc(C(=O)Nc2nccs2)n(Cc2ccc(F)c(F)c2)c1. The van der Waals surface area contributed by atoms with Crippen LogP contribution < -0.4 is 5.32 Å². The molecule has 1 amide bonds. The molecule has 1 aromatic carbocycles.